The van der Waals surface area contributed by atoms with Crippen LogP contribution in [0, 0.1) is 0 Å². The number of methoxy groups -OCH3 is 1. The maximum Gasteiger partial charge on any atom is 0.411 e. The largest absolute Gasteiger partial charge is 0.496 e. The van der Waals surface area contributed by atoms with E-state index in [-0.39, 0.29) is 13.1 Å². The van der Waals surface area contributed by atoms with Gasteiger partial charge in [0, 0.05) is 5.56 Å². The molecule has 0 bridgehead atoms. The van der Waals surface area contributed by atoms with E-state index in [1.54, 1.807) is 13.2 Å². The number of cyclic esters (lactones) is 1. The molecule has 96 valence electrons. The number of carbonyl (C=O) groups excluding carboxylic acids is 1. The van der Waals surface area contributed by atoms with E-state index >= 15 is 0 Å². The number of carboxylic acid groups (broad SMARTS) is 1. The molecule has 1 aliphatic heterocycles. The Morgan fingerprint density at radius 2 is 2.28 bits per heavy atom. The summed E-state index contributed by atoms with van der Waals surface area (Å²) in [6, 6.07) is 7.25. The lowest BCUT2D eigenvalue weighted by Gasteiger charge is -2.14. The number of amides is 1. The Bertz CT molecular complexity index is 473. The molecule has 1 N–H and O–H groups in total. The molecule has 6 nitrogen and oxygen atoms in total. The van der Waals surface area contributed by atoms with Crippen LogP contribution >= 0.6 is 0 Å². The molecular weight excluding hydrogens is 238 g/mol. The van der Waals surface area contributed by atoms with E-state index in [1.165, 1.54) is 4.90 Å². The van der Waals surface area contributed by atoms with E-state index in [2.05, 4.69) is 0 Å². The van der Waals surface area contributed by atoms with E-state index in [0.717, 1.165) is 5.56 Å². The zero-order valence-electron chi connectivity index (χ0n) is 9.83. The van der Waals surface area contributed by atoms with Crippen molar-refractivity contribution in [2.75, 3.05) is 13.7 Å². The average molecular weight is 251 g/mol. The van der Waals surface area contributed by atoms with Crippen molar-refractivity contribution in [3.63, 3.8) is 0 Å². The zero-order valence-corrected chi connectivity index (χ0v) is 9.83. The van der Waals surface area contributed by atoms with E-state index < -0.39 is 18.2 Å². The van der Waals surface area contributed by atoms with E-state index in [0.29, 0.717) is 5.75 Å². The predicted octanol–water partition coefficient (Wildman–Crippen LogP) is 1.10. The van der Waals surface area contributed by atoms with E-state index in [1.807, 2.05) is 18.2 Å². The van der Waals surface area contributed by atoms with Gasteiger partial charge in [-0.15, -0.1) is 0 Å². The van der Waals surface area contributed by atoms with Crippen LogP contribution in [0.2, 0.25) is 0 Å². The van der Waals surface area contributed by atoms with Crippen LogP contribution in [0.5, 0.6) is 5.75 Å². The lowest BCUT2D eigenvalue weighted by molar-refractivity contribution is -0.144. The highest BCUT2D eigenvalue weighted by atomic mass is 16.6. The van der Waals surface area contributed by atoms with Gasteiger partial charge in [-0.1, -0.05) is 18.2 Å². The SMILES string of the molecule is COc1ccccc1CN1C[C@H](C(=O)O)OC1=O. The lowest BCUT2D eigenvalue weighted by Crippen LogP contribution is -2.27. The van der Waals surface area contributed by atoms with Crippen molar-refractivity contribution in [1.29, 1.82) is 0 Å². The van der Waals surface area contributed by atoms with Gasteiger partial charge in [-0.25, -0.2) is 9.59 Å². The first-order valence-corrected chi connectivity index (χ1v) is 5.42. The molecule has 0 spiro atoms. The summed E-state index contributed by atoms with van der Waals surface area (Å²) in [7, 11) is 1.54. The fourth-order valence-corrected chi connectivity index (χ4v) is 1.81. The Balaban J connectivity index is 2.10. The summed E-state index contributed by atoms with van der Waals surface area (Å²) in [6.07, 6.45) is -1.71. The number of ether oxygens (including phenoxy) is 2. The van der Waals surface area contributed by atoms with Gasteiger partial charge in [0.05, 0.1) is 20.2 Å². The average Bonchev–Trinajstić information content (AvgIpc) is 2.72. The summed E-state index contributed by atoms with van der Waals surface area (Å²) in [5.74, 6) is -0.477. The number of carbonyl (C=O) groups is 2. The summed E-state index contributed by atoms with van der Waals surface area (Å²) in [4.78, 5) is 23.6. The third-order valence-electron chi connectivity index (χ3n) is 2.72. The van der Waals surface area contributed by atoms with E-state index in [4.69, 9.17) is 14.6 Å². The number of nitrogens with zero attached hydrogens (tertiary/aromatic N) is 1. The van der Waals surface area contributed by atoms with Gasteiger partial charge in [0.25, 0.3) is 0 Å². The first-order valence-electron chi connectivity index (χ1n) is 5.42. The van der Waals surface area contributed by atoms with Crippen LogP contribution in [0.3, 0.4) is 0 Å². The van der Waals surface area contributed by atoms with E-state index in [9.17, 15) is 9.59 Å². The molecule has 1 fully saturated rings. The molecule has 1 aliphatic rings. The van der Waals surface area contributed by atoms with Crippen LogP contribution in [0.4, 0.5) is 4.79 Å². The second-order valence-electron chi connectivity index (χ2n) is 3.90. The van der Waals surface area contributed by atoms with Gasteiger partial charge in [0.15, 0.2) is 0 Å². The first kappa shape index (κ1) is 12.2. The van der Waals surface area contributed by atoms with Gasteiger partial charge < -0.3 is 14.6 Å². The molecule has 0 unspecified atom stereocenters. The van der Waals surface area contributed by atoms with Crippen molar-refractivity contribution in [2.45, 2.75) is 12.6 Å². The number of aliphatic carboxylic acids is 1. The molecule has 2 rings (SSSR count). The lowest BCUT2D eigenvalue weighted by atomic mass is 10.2. The Kier molecular flexibility index (Phi) is 3.36. The van der Waals surface area contributed by atoms with Crippen LogP contribution in [0.15, 0.2) is 24.3 Å². The maximum atomic E-state index is 11.5. The summed E-state index contributed by atoms with van der Waals surface area (Å²) >= 11 is 0. The van der Waals surface area contributed by atoms with Crippen molar-refractivity contribution in [2.24, 2.45) is 0 Å². The fraction of sp³-hybridized carbons (Fsp3) is 0.333. The van der Waals surface area contributed by atoms with Crippen molar-refractivity contribution in [3.05, 3.63) is 29.8 Å². The smallest absolute Gasteiger partial charge is 0.411 e. The van der Waals surface area contributed by atoms with Gasteiger partial charge in [-0.05, 0) is 6.07 Å². The molecule has 1 saturated heterocycles. The van der Waals surface area contributed by atoms with Crippen LogP contribution in [0.25, 0.3) is 0 Å². The topological polar surface area (TPSA) is 76.1 Å². The minimum Gasteiger partial charge on any atom is -0.496 e. The molecule has 0 radical (unpaired) electrons. The molecule has 1 atom stereocenters. The van der Waals surface area contributed by atoms with Crippen LogP contribution in [0.1, 0.15) is 5.56 Å². The Labute approximate surface area is 104 Å². The van der Waals surface area contributed by atoms with Crippen LogP contribution in [-0.2, 0) is 16.1 Å². The van der Waals surface area contributed by atoms with Gasteiger partial charge in [-0.3, -0.25) is 4.90 Å². The summed E-state index contributed by atoms with van der Waals surface area (Å²) in [6.45, 7) is 0.318. The number of para-hydroxylation sites is 1. The molecule has 0 saturated carbocycles. The second kappa shape index (κ2) is 4.95. The number of hydrogen-bond acceptors (Lipinski definition) is 4. The highest BCUT2D eigenvalue weighted by Gasteiger charge is 2.36. The first-order chi connectivity index (χ1) is 8.61. The molecule has 0 aliphatic carbocycles. The minimum atomic E-state index is -1.13. The fourth-order valence-electron chi connectivity index (χ4n) is 1.81. The molecule has 6 heteroatoms. The molecule has 1 aromatic carbocycles. The number of rotatable bonds is 4. The number of benzene rings is 1. The quantitative estimate of drug-likeness (QED) is 0.867. The highest BCUT2D eigenvalue weighted by Crippen LogP contribution is 2.22. The zero-order chi connectivity index (χ0) is 13.1. The Morgan fingerprint density at radius 3 is 2.89 bits per heavy atom. The number of carboxylic acids is 1. The normalized spacial score (nSPS) is 18.6. The van der Waals surface area contributed by atoms with Gasteiger partial charge in [0.1, 0.15) is 5.75 Å². The Hall–Kier alpha value is -2.24. The predicted molar refractivity (Wildman–Crippen MR) is 61.3 cm³/mol. The second-order valence-corrected chi connectivity index (χ2v) is 3.90. The van der Waals surface area contributed by atoms with Crippen LogP contribution < -0.4 is 4.74 Å². The minimum absolute atomic E-state index is 0.0478. The van der Waals surface area contributed by atoms with Crippen LogP contribution in [-0.4, -0.2) is 41.8 Å². The number of hydrogen-bond donors (Lipinski definition) is 1. The monoisotopic (exact) mass is 251 g/mol. The third-order valence-corrected chi connectivity index (χ3v) is 2.72. The van der Waals surface area contributed by atoms with Gasteiger partial charge in [-0.2, -0.15) is 0 Å². The van der Waals surface area contributed by atoms with Crippen molar-refractivity contribution < 1.29 is 24.2 Å². The standard InChI is InChI=1S/C12H13NO5/c1-17-9-5-3-2-4-8(9)6-13-7-10(11(14)15)18-12(13)16/h2-5,10H,6-7H2,1H3,(H,14,15)/t10-/m1/s1. The van der Waals surface area contributed by atoms with Gasteiger partial charge in [0.2, 0.25) is 6.10 Å². The van der Waals surface area contributed by atoms with Crippen molar-refractivity contribution >= 4 is 12.1 Å². The molecule has 1 heterocycles. The van der Waals surface area contributed by atoms with Gasteiger partial charge >= 0.3 is 12.1 Å². The van der Waals surface area contributed by atoms with Crippen molar-refractivity contribution in [3.8, 4) is 5.75 Å². The third kappa shape index (κ3) is 2.37. The molecule has 1 amide bonds. The Morgan fingerprint density at radius 1 is 1.56 bits per heavy atom. The molecule has 18 heavy (non-hydrogen) atoms. The maximum absolute atomic E-state index is 11.5. The molecule has 0 aromatic heterocycles. The molecular formula is C12H13NO5. The highest BCUT2D eigenvalue weighted by molar-refractivity contribution is 5.81. The van der Waals surface area contributed by atoms with Crippen molar-refractivity contribution in [1.82, 2.24) is 4.90 Å². The molecule has 1 aromatic rings. The summed E-state index contributed by atoms with van der Waals surface area (Å²) < 4.78 is 9.90. The summed E-state index contributed by atoms with van der Waals surface area (Å²) in [5, 5.41) is 8.79. The summed E-state index contributed by atoms with van der Waals surface area (Å²) in [5.41, 5.74) is 0.808.